The summed E-state index contributed by atoms with van der Waals surface area (Å²) in [5.41, 5.74) is 5.41. The first-order valence-electron chi connectivity index (χ1n) is 14.8. The first-order chi connectivity index (χ1) is 16.7. The lowest BCUT2D eigenvalue weighted by Gasteiger charge is -2.62. The first-order valence-corrected chi connectivity index (χ1v) is 14.8. The van der Waals surface area contributed by atoms with Crippen molar-refractivity contribution in [3.8, 4) is 0 Å². The van der Waals surface area contributed by atoms with Gasteiger partial charge in [0.1, 0.15) is 6.10 Å². The maximum absolute atomic E-state index is 11.8. The van der Waals surface area contributed by atoms with Crippen LogP contribution in [0.2, 0.25) is 0 Å². The molecule has 36 heavy (non-hydrogen) atoms. The van der Waals surface area contributed by atoms with Gasteiger partial charge in [-0.3, -0.25) is 4.79 Å². The Morgan fingerprint density at radius 2 is 1.69 bits per heavy atom. The Bertz CT molecular complexity index is 932. The maximum atomic E-state index is 11.8. The molecule has 4 aliphatic rings. The van der Waals surface area contributed by atoms with E-state index in [9.17, 15) is 10.0 Å². The number of allylic oxidation sites excluding steroid dienone is 2. The fraction of sp³-hybridized carbons (Fsp3) is 0.875. The van der Waals surface area contributed by atoms with E-state index in [0.717, 1.165) is 37.3 Å². The van der Waals surface area contributed by atoms with Gasteiger partial charge in [0.05, 0.1) is 5.71 Å². The molecule has 4 aliphatic carbocycles. The maximum Gasteiger partial charge on any atom is 0.302 e. The Hall–Kier alpha value is -1.32. The molecular weight excluding hydrogens is 446 g/mol. The van der Waals surface area contributed by atoms with Crippen LogP contribution in [-0.2, 0) is 9.53 Å². The number of carbonyl (C=O) groups is 1. The third kappa shape index (κ3) is 4.08. The molecule has 0 saturated heterocycles. The minimum absolute atomic E-state index is 0.00790. The highest BCUT2D eigenvalue weighted by Gasteiger charge is 2.63. The van der Waals surface area contributed by atoms with Crippen LogP contribution in [-0.4, -0.2) is 23.0 Å². The second-order valence-electron chi connectivity index (χ2n) is 14.6. The van der Waals surface area contributed by atoms with Crippen LogP contribution >= 0.6 is 0 Å². The predicted molar refractivity (Wildman–Crippen MR) is 147 cm³/mol. The lowest BCUT2D eigenvalue weighted by Crippen LogP contribution is -2.55. The SMILES string of the molecule is CC(=O)OC1CCC2(C)C3=C(CCC2C1(C)C)C1(C)CCC(C(C)CC/C(=N/O)C(C)C)C1(C)CC3. The smallest absolute Gasteiger partial charge is 0.302 e. The van der Waals surface area contributed by atoms with Gasteiger partial charge in [-0.05, 0) is 104 Å². The third-order valence-electron chi connectivity index (χ3n) is 12.4. The zero-order valence-electron chi connectivity index (χ0n) is 24.7. The van der Waals surface area contributed by atoms with Crippen molar-refractivity contribution >= 4 is 11.7 Å². The Kier molecular flexibility index (Phi) is 7.28. The van der Waals surface area contributed by atoms with E-state index in [2.05, 4.69) is 60.5 Å². The van der Waals surface area contributed by atoms with Crippen LogP contribution in [0.1, 0.15) is 127 Å². The Labute approximate surface area is 220 Å². The van der Waals surface area contributed by atoms with E-state index in [1.54, 1.807) is 12.5 Å². The van der Waals surface area contributed by atoms with Crippen LogP contribution in [0.4, 0.5) is 0 Å². The highest BCUT2D eigenvalue weighted by atomic mass is 16.5. The molecule has 0 aromatic carbocycles. The molecule has 4 rings (SSSR count). The summed E-state index contributed by atoms with van der Waals surface area (Å²) in [6.07, 6.45) is 11.8. The summed E-state index contributed by atoms with van der Waals surface area (Å²) in [6, 6.07) is 0. The van der Waals surface area contributed by atoms with Gasteiger partial charge in [0, 0.05) is 12.3 Å². The summed E-state index contributed by atoms with van der Waals surface area (Å²) in [5, 5.41) is 13.1. The molecule has 0 heterocycles. The van der Waals surface area contributed by atoms with Crippen molar-refractivity contribution in [1.82, 2.24) is 0 Å². The van der Waals surface area contributed by atoms with Crippen molar-refractivity contribution in [2.24, 2.45) is 50.5 Å². The molecule has 2 fully saturated rings. The van der Waals surface area contributed by atoms with E-state index in [-0.39, 0.29) is 28.3 Å². The molecule has 0 amide bonds. The van der Waals surface area contributed by atoms with Crippen molar-refractivity contribution in [3.05, 3.63) is 11.1 Å². The van der Waals surface area contributed by atoms with Crippen molar-refractivity contribution in [2.75, 3.05) is 0 Å². The minimum Gasteiger partial charge on any atom is -0.462 e. The van der Waals surface area contributed by atoms with Crippen LogP contribution in [0.25, 0.3) is 0 Å². The summed E-state index contributed by atoms with van der Waals surface area (Å²) < 4.78 is 5.87. The molecule has 0 bridgehead atoms. The van der Waals surface area contributed by atoms with Crippen molar-refractivity contribution < 1.29 is 14.7 Å². The summed E-state index contributed by atoms with van der Waals surface area (Å²) in [6.45, 7) is 20.8. The Morgan fingerprint density at radius 3 is 2.31 bits per heavy atom. The number of hydrogen-bond donors (Lipinski definition) is 1. The molecule has 204 valence electrons. The third-order valence-corrected chi connectivity index (χ3v) is 12.4. The lowest BCUT2D eigenvalue weighted by molar-refractivity contribution is -0.167. The van der Waals surface area contributed by atoms with Gasteiger partial charge in [-0.2, -0.15) is 0 Å². The second-order valence-corrected chi connectivity index (χ2v) is 14.6. The van der Waals surface area contributed by atoms with Gasteiger partial charge in [0.25, 0.3) is 0 Å². The normalized spacial score (nSPS) is 40.9. The van der Waals surface area contributed by atoms with Crippen LogP contribution < -0.4 is 0 Å². The standard InChI is InChI=1S/C32H53NO3/c1-20(2)26(33-35)12-10-21(3)23-14-18-32(9)25-11-13-27-29(5,6)28(36-22(4)34)16-17-30(27,7)24(25)15-19-31(23,32)8/h20-21,23,27-28,35H,10-19H2,1-9H3/b33-26-. The predicted octanol–water partition coefficient (Wildman–Crippen LogP) is 8.57. The second kappa shape index (κ2) is 9.45. The van der Waals surface area contributed by atoms with Gasteiger partial charge in [-0.1, -0.05) is 71.7 Å². The van der Waals surface area contributed by atoms with Crippen LogP contribution in [0.3, 0.4) is 0 Å². The average Bonchev–Trinajstić information content (AvgIpc) is 3.07. The van der Waals surface area contributed by atoms with E-state index in [1.165, 1.54) is 38.5 Å². The summed E-state index contributed by atoms with van der Waals surface area (Å²) in [5.74, 6) is 2.11. The Morgan fingerprint density at radius 1 is 1.00 bits per heavy atom. The molecule has 7 atom stereocenters. The van der Waals surface area contributed by atoms with E-state index in [1.807, 2.05) is 5.57 Å². The zero-order valence-corrected chi connectivity index (χ0v) is 24.7. The number of nitrogens with zero attached hydrogens (tertiary/aromatic N) is 1. The van der Waals surface area contributed by atoms with Crippen LogP contribution in [0.15, 0.2) is 16.3 Å². The number of fused-ring (bicyclic) bond motifs is 4. The number of carbonyl (C=O) groups excluding carboxylic acids is 1. The number of oxime groups is 1. The van der Waals surface area contributed by atoms with Gasteiger partial charge in [-0.25, -0.2) is 0 Å². The summed E-state index contributed by atoms with van der Waals surface area (Å²) >= 11 is 0. The summed E-state index contributed by atoms with van der Waals surface area (Å²) in [4.78, 5) is 11.8. The van der Waals surface area contributed by atoms with E-state index >= 15 is 0 Å². The molecule has 4 heteroatoms. The number of rotatable bonds is 6. The molecule has 7 unspecified atom stereocenters. The van der Waals surface area contributed by atoms with Gasteiger partial charge >= 0.3 is 5.97 Å². The van der Waals surface area contributed by atoms with E-state index < -0.39 is 0 Å². The largest absolute Gasteiger partial charge is 0.462 e. The van der Waals surface area contributed by atoms with E-state index in [0.29, 0.717) is 23.2 Å². The van der Waals surface area contributed by atoms with Gasteiger partial charge in [-0.15, -0.1) is 0 Å². The highest BCUT2D eigenvalue weighted by Crippen LogP contribution is 2.72. The lowest BCUT2D eigenvalue weighted by atomic mass is 9.43. The first kappa shape index (κ1) is 27.7. The van der Waals surface area contributed by atoms with Gasteiger partial charge in [0.15, 0.2) is 0 Å². The number of ether oxygens (including phenoxy) is 1. The molecule has 0 aromatic rings. The topological polar surface area (TPSA) is 58.9 Å². The van der Waals surface area contributed by atoms with Crippen molar-refractivity contribution in [1.29, 1.82) is 0 Å². The van der Waals surface area contributed by atoms with Crippen LogP contribution in [0.5, 0.6) is 0 Å². The fourth-order valence-corrected chi connectivity index (χ4v) is 10.1. The van der Waals surface area contributed by atoms with Gasteiger partial charge in [0.2, 0.25) is 0 Å². The summed E-state index contributed by atoms with van der Waals surface area (Å²) in [7, 11) is 0. The zero-order chi connectivity index (χ0) is 26.7. The van der Waals surface area contributed by atoms with E-state index in [4.69, 9.17) is 4.74 Å². The minimum atomic E-state index is -0.134. The number of esters is 1. The van der Waals surface area contributed by atoms with Crippen molar-refractivity contribution in [2.45, 2.75) is 133 Å². The molecule has 0 spiro atoms. The molecular formula is C32H53NO3. The van der Waals surface area contributed by atoms with Crippen LogP contribution in [0, 0.1) is 45.3 Å². The molecule has 0 aliphatic heterocycles. The molecule has 0 radical (unpaired) electrons. The molecule has 0 aromatic heterocycles. The van der Waals surface area contributed by atoms with Gasteiger partial charge < -0.3 is 9.94 Å². The molecule has 2 saturated carbocycles. The average molecular weight is 500 g/mol. The van der Waals surface area contributed by atoms with Crippen molar-refractivity contribution in [3.63, 3.8) is 0 Å². The monoisotopic (exact) mass is 499 g/mol. The molecule has 1 N–H and O–H groups in total. The quantitative estimate of drug-likeness (QED) is 0.131. The Balaban J connectivity index is 1.60. The fourth-order valence-electron chi connectivity index (χ4n) is 10.1. The molecule has 4 nitrogen and oxygen atoms in total. The number of hydrogen-bond acceptors (Lipinski definition) is 4. The highest BCUT2D eigenvalue weighted by molar-refractivity contribution is 5.85.